The van der Waals surface area contributed by atoms with Crippen molar-refractivity contribution in [1.82, 2.24) is 5.32 Å². The topological polar surface area (TPSA) is 52.5 Å². The van der Waals surface area contributed by atoms with E-state index < -0.39 is 6.10 Å². The van der Waals surface area contributed by atoms with Gasteiger partial charge in [0.15, 0.2) is 0 Å². The summed E-state index contributed by atoms with van der Waals surface area (Å²) in [5.74, 6) is 0. The summed E-state index contributed by atoms with van der Waals surface area (Å²) in [4.78, 5) is 0. The first-order chi connectivity index (χ1) is 8.34. The second kappa shape index (κ2) is 6.32. The van der Waals surface area contributed by atoms with Gasteiger partial charge < -0.3 is 15.5 Å². The Hall–Kier alpha value is -0.900. The lowest BCUT2D eigenvalue weighted by Gasteiger charge is -2.28. The minimum Gasteiger partial charge on any atom is -0.394 e. The summed E-state index contributed by atoms with van der Waals surface area (Å²) in [6, 6.07) is 6.50. The summed E-state index contributed by atoms with van der Waals surface area (Å²) in [7, 11) is 0. The van der Waals surface area contributed by atoms with Crippen LogP contribution in [0.15, 0.2) is 18.2 Å². The summed E-state index contributed by atoms with van der Waals surface area (Å²) < 4.78 is 0. The van der Waals surface area contributed by atoms with Gasteiger partial charge in [0.1, 0.15) is 0 Å². The van der Waals surface area contributed by atoms with Crippen molar-refractivity contribution in [2.24, 2.45) is 0 Å². The number of hydrogen-bond acceptors (Lipinski definition) is 3. The Kier molecular flexibility index (Phi) is 5.32. The summed E-state index contributed by atoms with van der Waals surface area (Å²) in [6.45, 7) is 8.65. The highest BCUT2D eigenvalue weighted by atomic mass is 16.3. The van der Waals surface area contributed by atoms with E-state index in [4.69, 9.17) is 5.11 Å². The maximum atomic E-state index is 9.36. The van der Waals surface area contributed by atoms with Crippen molar-refractivity contribution in [3.8, 4) is 0 Å². The Labute approximate surface area is 110 Å². The van der Waals surface area contributed by atoms with Crippen molar-refractivity contribution in [2.45, 2.75) is 45.8 Å². The van der Waals surface area contributed by atoms with Gasteiger partial charge in [0.05, 0.1) is 12.7 Å². The zero-order valence-electron chi connectivity index (χ0n) is 11.8. The molecule has 0 saturated carbocycles. The van der Waals surface area contributed by atoms with Crippen LogP contribution in [0.1, 0.15) is 30.5 Å². The molecule has 0 heterocycles. The Morgan fingerprint density at radius 1 is 1.22 bits per heavy atom. The molecule has 3 heteroatoms. The van der Waals surface area contributed by atoms with Gasteiger partial charge in [-0.15, -0.1) is 0 Å². The van der Waals surface area contributed by atoms with Crippen LogP contribution in [0.3, 0.4) is 0 Å². The summed E-state index contributed by atoms with van der Waals surface area (Å²) in [5, 5.41) is 21.4. The molecule has 0 aliphatic heterocycles. The minimum atomic E-state index is -0.691. The number of nitrogens with one attached hydrogen (secondary N) is 1. The van der Waals surface area contributed by atoms with Gasteiger partial charge in [-0.25, -0.2) is 0 Å². The van der Waals surface area contributed by atoms with Gasteiger partial charge >= 0.3 is 0 Å². The summed E-state index contributed by atoms with van der Waals surface area (Å²) in [5.41, 5.74) is 3.80. The van der Waals surface area contributed by atoms with Crippen molar-refractivity contribution >= 4 is 0 Å². The third-order valence-corrected chi connectivity index (χ3v) is 3.24. The van der Waals surface area contributed by atoms with Crippen molar-refractivity contribution in [2.75, 3.05) is 13.2 Å². The van der Waals surface area contributed by atoms with Crippen molar-refractivity contribution in [3.63, 3.8) is 0 Å². The Morgan fingerprint density at radius 3 is 2.44 bits per heavy atom. The summed E-state index contributed by atoms with van der Waals surface area (Å²) >= 11 is 0. The zero-order chi connectivity index (χ0) is 13.8. The highest BCUT2D eigenvalue weighted by Crippen LogP contribution is 2.16. The highest BCUT2D eigenvalue weighted by Gasteiger charge is 2.19. The number of β-amino-alcohol motifs (C(OH)–C–C–N with tert-alkyl or cyclic N) is 1. The number of rotatable bonds is 6. The number of hydrogen-bond donors (Lipinski definition) is 3. The van der Waals surface area contributed by atoms with E-state index in [0.29, 0.717) is 6.54 Å². The smallest absolute Gasteiger partial charge is 0.0895 e. The third-order valence-electron chi connectivity index (χ3n) is 3.24. The van der Waals surface area contributed by atoms with E-state index in [1.165, 1.54) is 16.7 Å². The van der Waals surface area contributed by atoms with Crippen LogP contribution in [0.4, 0.5) is 0 Å². The number of aliphatic hydroxyl groups excluding tert-OH is 2. The van der Waals surface area contributed by atoms with E-state index in [1.807, 2.05) is 0 Å². The third kappa shape index (κ3) is 4.77. The minimum absolute atomic E-state index is 0.0994. The van der Waals surface area contributed by atoms with Crippen molar-refractivity contribution in [1.29, 1.82) is 0 Å². The van der Waals surface area contributed by atoms with Crippen LogP contribution in [-0.4, -0.2) is 35.0 Å². The molecule has 0 spiro atoms. The fraction of sp³-hybridized carbons (Fsp3) is 0.600. The quantitative estimate of drug-likeness (QED) is 0.719. The molecule has 0 aliphatic rings. The number of aliphatic hydroxyl groups is 2. The molecule has 0 amide bonds. The van der Waals surface area contributed by atoms with Crippen molar-refractivity contribution < 1.29 is 10.2 Å². The molecule has 0 aromatic heterocycles. The van der Waals surface area contributed by atoms with Gasteiger partial charge in [0.2, 0.25) is 0 Å². The van der Waals surface area contributed by atoms with E-state index in [0.717, 1.165) is 6.42 Å². The summed E-state index contributed by atoms with van der Waals surface area (Å²) in [6.07, 6.45) is 0.204. The largest absolute Gasteiger partial charge is 0.394 e. The average Bonchev–Trinajstić information content (AvgIpc) is 2.30. The van der Waals surface area contributed by atoms with E-state index in [1.54, 1.807) is 0 Å². The maximum absolute atomic E-state index is 9.36. The molecule has 0 fully saturated rings. The first kappa shape index (κ1) is 15.2. The predicted molar refractivity (Wildman–Crippen MR) is 74.8 cm³/mol. The van der Waals surface area contributed by atoms with Crippen LogP contribution >= 0.6 is 0 Å². The lowest BCUT2D eigenvalue weighted by atomic mass is 9.93. The second-order valence-corrected chi connectivity index (χ2v) is 5.70. The average molecular weight is 251 g/mol. The second-order valence-electron chi connectivity index (χ2n) is 5.70. The monoisotopic (exact) mass is 251 g/mol. The van der Waals surface area contributed by atoms with Gasteiger partial charge in [-0.3, -0.25) is 0 Å². The van der Waals surface area contributed by atoms with Gasteiger partial charge in [-0.2, -0.15) is 0 Å². The molecule has 1 aromatic rings. The molecule has 1 atom stereocenters. The van der Waals surface area contributed by atoms with Crippen LogP contribution in [0.25, 0.3) is 0 Å². The highest BCUT2D eigenvalue weighted by molar-refractivity contribution is 5.30. The Bertz CT molecular complexity index is 388. The normalized spacial score (nSPS) is 13.7. The molecule has 3 nitrogen and oxygen atoms in total. The predicted octanol–water partition coefficient (Wildman–Crippen LogP) is 1.57. The number of aryl methyl sites for hydroxylation is 2. The first-order valence-corrected chi connectivity index (χ1v) is 6.44. The fourth-order valence-corrected chi connectivity index (χ4v) is 1.94. The Balaban J connectivity index is 2.61. The molecule has 0 radical (unpaired) electrons. The molecule has 0 bridgehead atoms. The van der Waals surface area contributed by atoms with Crippen molar-refractivity contribution in [3.05, 3.63) is 34.9 Å². The van der Waals surface area contributed by atoms with E-state index in [9.17, 15) is 5.11 Å². The fourth-order valence-electron chi connectivity index (χ4n) is 1.94. The molecule has 0 saturated heterocycles. The molecule has 102 valence electrons. The van der Waals surface area contributed by atoms with E-state index in [2.05, 4.69) is 51.2 Å². The molecular weight excluding hydrogens is 226 g/mol. The van der Waals surface area contributed by atoms with Gasteiger partial charge in [0.25, 0.3) is 0 Å². The van der Waals surface area contributed by atoms with Crippen LogP contribution in [0, 0.1) is 13.8 Å². The molecule has 18 heavy (non-hydrogen) atoms. The lowest BCUT2D eigenvalue weighted by Crippen LogP contribution is -2.45. The zero-order valence-corrected chi connectivity index (χ0v) is 11.8. The van der Waals surface area contributed by atoms with E-state index >= 15 is 0 Å². The van der Waals surface area contributed by atoms with Crippen LogP contribution in [0.5, 0.6) is 0 Å². The molecule has 0 aliphatic carbocycles. The molecule has 1 rings (SSSR count). The molecular formula is C15H25NO2. The maximum Gasteiger partial charge on any atom is 0.0895 e. The van der Waals surface area contributed by atoms with Gasteiger partial charge in [0, 0.05) is 12.1 Å². The first-order valence-electron chi connectivity index (χ1n) is 6.44. The SMILES string of the molecule is Cc1ccc(CC(C)(C)NC[C@@H](O)CO)cc1C. The van der Waals surface area contributed by atoms with E-state index in [-0.39, 0.29) is 12.1 Å². The van der Waals surface area contributed by atoms with Crippen LogP contribution < -0.4 is 5.32 Å². The lowest BCUT2D eigenvalue weighted by molar-refractivity contribution is 0.0877. The molecule has 0 unspecified atom stereocenters. The molecule has 1 aromatic carbocycles. The van der Waals surface area contributed by atoms with Gasteiger partial charge in [-0.05, 0) is 50.8 Å². The Morgan fingerprint density at radius 2 is 1.89 bits per heavy atom. The number of benzene rings is 1. The van der Waals surface area contributed by atoms with Crippen LogP contribution in [-0.2, 0) is 6.42 Å². The van der Waals surface area contributed by atoms with Crippen LogP contribution in [0.2, 0.25) is 0 Å². The molecule has 3 N–H and O–H groups in total. The standard InChI is InChI=1S/C15H25NO2/c1-11-5-6-13(7-12(11)2)8-15(3,4)16-9-14(18)10-17/h5-7,14,16-18H,8-10H2,1-4H3/t14-/m1/s1. The van der Waals surface area contributed by atoms with Gasteiger partial charge in [-0.1, -0.05) is 18.2 Å².